The second-order valence-corrected chi connectivity index (χ2v) is 6.05. The fourth-order valence-electron chi connectivity index (χ4n) is 1.95. The van der Waals surface area contributed by atoms with Crippen molar-refractivity contribution in [3.8, 4) is 0 Å². The molecule has 1 unspecified atom stereocenters. The first-order valence-corrected chi connectivity index (χ1v) is 7.24. The van der Waals surface area contributed by atoms with E-state index in [1.807, 2.05) is 13.8 Å². The molecule has 7 heteroatoms. The Morgan fingerprint density at radius 1 is 1.59 bits per heavy atom. The normalized spacial score (nSPS) is 22.8. The molecule has 0 saturated carbocycles. The van der Waals surface area contributed by atoms with Gasteiger partial charge >= 0.3 is 0 Å². The summed E-state index contributed by atoms with van der Waals surface area (Å²) in [6.07, 6.45) is 3.14. The first-order valence-electron chi connectivity index (χ1n) is 5.80. The summed E-state index contributed by atoms with van der Waals surface area (Å²) in [5.41, 5.74) is 0. The van der Waals surface area contributed by atoms with E-state index in [1.54, 1.807) is 17.1 Å². The Labute approximate surface area is 102 Å². The zero-order valence-electron chi connectivity index (χ0n) is 10.1. The summed E-state index contributed by atoms with van der Waals surface area (Å²) in [4.78, 5) is 3.98. The van der Waals surface area contributed by atoms with Crippen molar-refractivity contribution in [3.63, 3.8) is 0 Å². The summed E-state index contributed by atoms with van der Waals surface area (Å²) in [5, 5.41) is 3.32. The SMILES string of the molecule is CCn1cnc(S(=O)(=O)N2CCNCC2C)c1. The lowest BCUT2D eigenvalue weighted by Gasteiger charge is -2.32. The Morgan fingerprint density at radius 3 is 2.94 bits per heavy atom. The van der Waals surface area contributed by atoms with Crippen molar-refractivity contribution >= 4 is 10.0 Å². The van der Waals surface area contributed by atoms with E-state index in [1.165, 1.54) is 4.31 Å². The van der Waals surface area contributed by atoms with Crippen molar-refractivity contribution < 1.29 is 8.42 Å². The van der Waals surface area contributed by atoms with Gasteiger partial charge in [0.1, 0.15) is 0 Å². The van der Waals surface area contributed by atoms with Gasteiger partial charge in [-0.3, -0.25) is 0 Å². The maximum absolute atomic E-state index is 12.3. The molecular formula is C10H18N4O2S. The standard InChI is InChI=1S/C10H18N4O2S/c1-3-13-7-10(12-8-13)17(15,16)14-5-4-11-6-9(14)2/h7-9,11H,3-6H2,1-2H3. The Morgan fingerprint density at radius 2 is 2.35 bits per heavy atom. The summed E-state index contributed by atoms with van der Waals surface area (Å²) >= 11 is 0. The Bertz CT molecular complexity index is 482. The summed E-state index contributed by atoms with van der Waals surface area (Å²) in [5.74, 6) is 0. The summed E-state index contributed by atoms with van der Waals surface area (Å²) in [6.45, 7) is 6.46. The molecule has 2 rings (SSSR count). The molecule has 1 aromatic rings. The van der Waals surface area contributed by atoms with Gasteiger partial charge < -0.3 is 9.88 Å². The van der Waals surface area contributed by atoms with Crippen LogP contribution < -0.4 is 5.32 Å². The fraction of sp³-hybridized carbons (Fsp3) is 0.700. The first-order chi connectivity index (χ1) is 8.05. The van der Waals surface area contributed by atoms with Gasteiger partial charge in [0.15, 0.2) is 5.03 Å². The molecule has 1 atom stereocenters. The van der Waals surface area contributed by atoms with Crippen molar-refractivity contribution in [1.29, 1.82) is 0 Å². The number of piperazine rings is 1. The van der Waals surface area contributed by atoms with Gasteiger partial charge in [-0.2, -0.15) is 4.31 Å². The number of sulfonamides is 1. The molecule has 1 aliphatic heterocycles. The van der Waals surface area contributed by atoms with Crippen LogP contribution in [0.1, 0.15) is 13.8 Å². The second-order valence-electron chi connectivity index (χ2n) is 4.21. The van der Waals surface area contributed by atoms with Crippen molar-refractivity contribution in [2.24, 2.45) is 0 Å². The van der Waals surface area contributed by atoms with E-state index in [9.17, 15) is 8.42 Å². The number of hydrogen-bond donors (Lipinski definition) is 1. The van der Waals surface area contributed by atoms with Crippen LogP contribution in [0.15, 0.2) is 17.6 Å². The van der Waals surface area contributed by atoms with Gasteiger partial charge in [0.25, 0.3) is 10.0 Å². The maximum Gasteiger partial charge on any atom is 0.262 e. The molecule has 2 heterocycles. The Kier molecular flexibility index (Phi) is 3.50. The van der Waals surface area contributed by atoms with Crippen LogP contribution >= 0.6 is 0 Å². The van der Waals surface area contributed by atoms with Crippen LogP contribution in [0.4, 0.5) is 0 Å². The largest absolute Gasteiger partial charge is 0.336 e. The molecule has 6 nitrogen and oxygen atoms in total. The third-order valence-corrected chi connectivity index (χ3v) is 4.89. The van der Waals surface area contributed by atoms with Crippen LogP contribution in [0.3, 0.4) is 0 Å². The minimum absolute atomic E-state index is 0.0273. The third-order valence-electron chi connectivity index (χ3n) is 2.99. The predicted octanol–water partition coefficient (Wildman–Crippen LogP) is -0.115. The maximum atomic E-state index is 12.3. The average molecular weight is 258 g/mol. The molecule has 0 radical (unpaired) electrons. The zero-order chi connectivity index (χ0) is 12.5. The summed E-state index contributed by atoms with van der Waals surface area (Å²) in [6, 6.07) is -0.0273. The van der Waals surface area contributed by atoms with Gasteiger partial charge in [0, 0.05) is 38.4 Å². The lowest BCUT2D eigenvalue weighted by Crippen LogP contribution is -2.52. The highest BCUT2D eigenvalue weighted by Crippen LogP contribution is 2.17. The van der Waals surface area contributed by atoms with Gasteiger partial charge in [-0.05, 0) is 13.8 Å². The van der Waals surface area contributed by atoms with Crippen LogP contribution in [0.5, 0.6) is 0 Å². The smallest absolute Gasteiger partial charge is 0.262 e. The van der Waals surface area contributed by atoms with Crippen LogP contribution in [-0.2, 0) is 16.6 Å². The molecule has 1 N–H and O–H groups in total. The van der Waals surface area contributed by atoms with Crippen molar-refractivity contribution in [1.82, 2.24) is 19.2 Å². The zero-order valence-corrected chi connectivity index (χ0v) is 10.9. The summed E-state index contributed by atoms with van der Waals surface area (Å²) < 4.78 is 28.0. The van der Waals surface area contributed by atoms with E-state index in [0.717, 1.165) is 6.54 Å². The summed E-state index contributed by atoms with van der Waals surface area (Å²) in [7, 11) is -3.44. The molecule has 1 aliphatic rings. The molecule has 0 bridgehead atoms. The Hall–Kier alpha value is -0.920. The third kappa shape index (κ3) is 2.36. The van der Waals surface area contributed by atoms with Crippen LogP contribution in [-0.4, -0.2) is 48.0 Å². The van der Waals surface area contributed by atoms with Gasteiger partial charge in [0.05, 0.1) is 6.33 Å². The number of aryl methyl sites for hydroxylation is 1. The number of imidazole rings is 1. The van der Waals surface area contributed by atoms with Gasteiger partial charge in [0.2, 0.25) is 0 Å². The molecule has 1 saturated heterocycles. The van der Waals surface area contributed by atoms with Gasteiger partial charge in [-0.25, -0.2) is 13.4 Å². The Balaban J connectivity index is 2.28. The molecule has 1 fully saturated rings. The number of rotatable bonds is 3. The number of aromatic nitrogens is 2. The van der Waals surface area contributed by atoms with E-state index < -0.39 is 10.0 Å². The van der Waals surface area contributed by atoms with Crippen LogP contribution in [0.2, 0.25) is 0 Å². The second kappa shape index (κ2) is 4.75. The predicted molar refractivity (Wildman–Crippen MR) is 64.1 cm³/mol. The molecule has 0 aromatic carbocycles. The topological polar surface area (TPSA) is 67.2 Å². The highest BCUT2D eigenvalue weighted by Gasteiger charge is 2.32. The van der Waals surface area contributed by atoms with Crippen LogP contribution in [0.25, 0.3) is 0 Å². The average Bonchev–Trinajstić information content (AvgIpc) is 2.78. The quantitative estimate of drug-likeness (QED) is 0.821. The number of nitrogens with zero attached hydrogens (tertiary/aromatic N) is 3. The molecular weight excluding hydrogens is 240 g/mol. The van der Waals surface area contributed by atoms with Crippen molar-refractivity contribution in [3.05, 3.63) is 12.5 Å². The molecule has 1 aromatic heterocycles. The number of hydrogen-bond acceptors (Lipinski definition) is 4. The molecule has 0 aliphatic carbocycles. The number of nitrogens with one attached hydrogen (secondary N) is 1. The van der Waals surface area contributed by atoms with Crippen molar-refractivity contribution in [2.75, 3.05) is 19.6 Å². The van der Waals surface area contributed by atoms with Crippen molar-refractivity contribution in [2.45, 2.75) is 31.5 Å². The highest BCUT2D eigenvalue weighted by molar-refractivity contribution is 7.89. The lowest BCUT2D eigenvalue weighted by molar-refractivity contribution is 0.283. The highest BCUT2D eigenvalue weighted by atomic mass is 32.2. The van der Waals surface area contributed by atoms with Gasteiger partial charge in [-0.1, -0.05) is 0 Å². The molecule has 17 heavy (non-hydrogen) atoms. The van der Waals surface area contributed by atoms with E-state index in [4.69, 9.17) is 0 Å². The molecule has 0 amide bonds. The minimum atomic E-state index is -3.44. The van der Waals surface area contributed by atoms with E-state index >= 15 is 0 Å². The minimum Gasteiger partial charge on any atom is -0.336 e. The van der Waals surface area contributed by atoms with Gasteiger partial charge in [-0.15, -0.1) is 0 Å². The first kappa shape index (κ1) is 12.5. The van der Waals surface area contributed by atoms with E-state index in [-0.39, 0.29) is 11.1 Å². The fourth-order valence-corrected chi connectivity index (χ4v) is 3.51. The van der Waals surface area contributed by atoms with E-state index in [2.05, 4.69) is 10.3 Å². The lowest BCUT2D eigenvalue weighted by atomic mass is 10.3. The molecule has 0 spiro atoms. The van der Waals surface area contributed by atoms with Crippen LogP contribution in [0, 0.1) is 0 Å². The van der Waals surface area contributed by atoms with E-state index in [0.29, 0.717) is 19.6 Å². The monoisotopic (exact) mass is 258 g/mol. The molecule has 96 valence electrons.